The van der Waals surface area contributed by atoms with Crippen molar-refractivity contribution in [1.82, 2.24) is 9.97 Å². The standard InChI is InChI=1S/C34H22.C20H16N2.C7H8/c1-3-11-25-21-27(19-17-23(25)9-1)33-29-13-5-7-15-31(29)34(32-16-8-6-14-30(32)33)28-20-18-24-10-2-4-12-26(24)22-28;1-13-8-9-16-10-11-17-18(15-6-4-3-5-7-15)12-14(2)22-20(17)19(16)21-13;1-7-5-3-2-4-6-7/h1-22H;3-12H,1-2H3;2-6H,1H3. The van der Waals surface area contributed by atoms with Crippen molar-refractivity contribution in [1.29, 1.82) is 0 Å². The highest BCUT2D eigenvalue weighted by atomic mass is 14.8. The Kier molecular flexibility index (Phi) is 10.7. The van der Waals surface area contributed by atoms with E-state index in [1.54, 1.807) is 0 Å². The predicted octanol–water partition coefficient (Wildman–Crippen LogP) is 16.7. The molecule has 0 aliphatic heterocycles. The molecular formula is C61H46N2. The van der Waals surface area contributed by atoms with Crippen LogP contribution in [-0.2, 0) is 0 Å². The van der Waals surface area contributed by atoms with Gasteiger partial charge in [0, 0.05) is 22.2 Å². The Morgan fingerprint density at radius 3 is 1.21 bits per heavy atom. The van der Waals surface area contributed by atoms with Crippen LogP contribution in [-0.4, -0.2) is 9.97 Å². The second-order valence-corrected chi connectivity index (χ2v) is 16.3. The summed E-state index contributed by atoms with van der Waals surface area (Å²) in [7, 11) is 0. The van der Waals surface area contributed by atoms with Crippen molar-refractivity contribution in [2.24, 2.45) is 0 Å². The molecule has 0 atom stereocenters. The first-order valence-electron chi connectivity index (χ1n) is 21.6. The molecule has 12 aromatic rings. The summed E-state index contributed by atoms with van der Waals surface area (Å²) in [6, 6.07) is 79.9. The summed E-state index contributed by atoms with van der Waals surface area (Å²) in [4.78, 5) is 9.49. The van der Waals surface area contributed by atoms with Gasteiger partial charge in [0.2, 0.25) is 0 Å². The van der Waals surface area contributed by atoms with Gasteiger partial charge in [0.05, 0.1) is 11.0 Å². The van der Waals surface area contributed by atoms with Gasteiger partial charge in [-0.15, -0.1) is 0 Å². The van der Waals surface area contributed by atoms with E-state index < -0.39 is 0 Å². The third-order valence-corrected chi connectivity index (χ3v) is 11.9. The molecule has 300 valence electrons. The van der Waals surface area contributed by atoms with E-state index in [9.17, 15) is 0 Å². The van der Waals surface area contributed by atoms with E-state index in [0.717, 1.165) is 33.2 Å². The van der Waals surface area contributed by atoms with Crippen molar-refractivity contribution in [2.45, 2.75) is 20.8 Å². The average molecular weight is 807 g/mol. The fraction of sp³-hybridized carbons (Fsp3) is 0.0492. The molecule has 0 aliphatic rings. The molecule has 0 fully saturated rings. The maximum Gasteiger partial charge on any atom is 0.0974 e. The van der Waals surface area contributed by atoms with Gasteiger partial charge >= 0.3 is 0 Å². The smallest absolute Gasteiger partial charge is 0.0974 e. The number of nitrogens with zero attached hydrogens (tertiary/aromatic N) is 2. The van der Waals surface area contributed by atoms with Gasteiger partial charge in [0.15, 0.2) is 0 Å². The van der Waals surface area contributed by atoms with Crippen LogP contribution < -0.4 is 0 Å². The molecule has 12 rings (SSSR count). The minimum Gasteiger partial charge on any atom is -0.251 e. The molecule has 2 heteroatoms. The second-order valence-electron chi connectivity index (χ2n) is 16.3. The topological polar surface area (TPSA) is 25.8 Å². The third-order valence-electron chi connectivity index (χ3n) is 11.9. The van der Waals surface area contributed by atoms with Crippen LogP contribution in [0.5, 0.6) is 0 Å². The van der Waals surface area contributed by atoms with Crippen LogP contribution in [0.2, 0.25) is 0 Å². The highest BCUT2D eigenvalue weighted by molar-refractivity contribution is 6.22. The Morgan fingerprint density at radius 2 is 0.698 bits per heavy atom. The lowest BCUT2D eigenvalue weighted by atomic mass is 9.85. The largest absolute Gasteiger partial charge is 0.251 e. The molecule has 0 aliphatic carbocycles. The summed E-state index contributed by atoms with van der Waals surface area (Å²) >= 11 is 0. The lowest BCUT2D eigenvalue weighted by Crippen LogP contribution is -1.92. The van der Waals surface area contributed by atoms with Crippen LogP contribution >= 0.6 is 0 Å². The molecule has 0 unspecified atom stereocenters. The molecule has 0 amide bonds. The Bertz CT molecular complexity index is 3400. The van der Waals surface area contributed by atoms with E-state index in [1.807, 2.05) is 44.2 Å². The molecule has 0 radical (unpaired) electrons. The van der Waals surface area contributed by atoms with Crippen molar-refractivity contribution >= 4 is 64.9 Å². The lowest BCUT2D eigenvalue weighted by Gasteiger charge is -2.18. The summed E-state index contributed by atoms with van der Waals surface area (Å²) in [6.45, 7) is 6.15. The van der Waals surface area contributed by atoms with E-state index in [0.29, 0.717) is 0 Å². The molecule has 0 saturated heterocycles. The molecule has 2 heterocycles. The Balaban J connectivity index is 0.000000138. The van der Waals surface area contributed by atoms with E-state index in [2.05, 4.69) is 201 Å². The quantitative estimate of drug-likeness (QED) is 0.131. The molecule has 10 aromatic carbocycles. The average Bonchev–Trinajstić information content (AvgIpc) is 3.33. The summed E-state index contributed by atoms with van der Waals surface area (Å²) in [5.74, 6) is 0. The molecule has 0 spiro atoms. The first-order chi connectivity index (χ1) is 31.0. The minimum atomic E-state index is 0.985. The normalized spacial score (nSPS) is 11.1. The van der Waals surface area contributed by atoms with Crippen molar-refractivity contribution in [3.8, 4) is 33.4 Å². The first kappa shape index (κ1) is 39.2. The van der Waals surface area contributed by atoms with Crippen molar-refractivity contribution < 1.29 is 0 Å². The van der Waals surface area contributed by atoms with E-state index in [-0.39, 0.29) is 0 Å². The number of fused-ring (bicyclic) bond motifs is 7. The van der Waals surface area contributed by atoms with Crippen LogP contribution in [0.25, 0.3) is 98.3 Å². The van der Waals surface area contributed by atoms with Gasteiger partial charge in [-0.2, -0.15) is 0 Å². The van der Waals surface area contributed by atoms with E-state index in [4.69, 9.17) is 9.97 Å². The zero-order valence-electron chi connectivity index (χ0n) is 35.8. The fourth-order valence-corrected chi connectivity index (χ4v) is 8.93. The monoisotopic (exact) mass is 806 g/mol. The molecule has 63 heavy (non-hydrogen) atoms. The molecule has 2 aromatic heterocycles. The van der Waals surface area contributed by atoms with Gasteiger partial charge in [0.25, 0.3) is 0 Å². The zero-order chi connectivity index (χ0) is 42.7. The third kappa shape index (κ3) is 7.91. The Morgan fingerprint density at radius 1 is 0.270 bits per heavy atom. The molecular weight excluding hydrogens is 761 g/mol. The van der Waals surface area contributed by atoms with Crippen molar-refractivity contribution in [3.05, 3.63) is 241 Å². The number of pyridine rings is 2. The fourth-order valence-electron chi connectivity index (χ4n) is 8.93. The molecule has 0 N–H and O–H groups in total. The maximum atomic E-state index is 4.77. The van der Waals surface area contributed by atoms with E-state index in [1.165, 1.54) is 82.0 Å². The van der Waals surface area contributed by atoms with Gasteiger partial charge in [-0.3, -0.25) is 9.97 Å². The number of aryl methyl sites for hydroxylation is 3. The number of benzene rings is 10. The van der Waals surface area contributed by atoms with Gasteiger partial charge in [-0.25, -0.2) is 0 Å². The minimum absolute atomic E-state index is 0.985. The molecule has 0 bridgehead atoms. The number of rotatable bonds is 3. The summed E-state index contributed by atoms with van der Waals surface area (Å²) in [5.41, 5.74) is 12.9. The Labute approximate surface area is 368 Å². The predicted molar refractivity (Wildman–Crippen MR) is 270 cm³/mol. The van der Waals surface area contributed by atoms with Crippen LogP contribution in [0.3, 0.4) is 0 Å². The first-order valence-corrected chi connectivity index (χ1v) is 21.6. The van der Waals surface area contributed by atoms with Gasteiger partial charge in [-0.05, 0) is 122 Å². The number of hydrogen-bond donors (Lipinski definition) is 0. The number of hydrogen-bond acceptors (Lipinski definition) is 2. The van der Waals surface area contributed by atoms with Crippen LogP contribution in [0.15, 0.2) is 224 Å². The molecule has 0 saturated carbocycles. The summed E-state index contributed by atoms with van der Waals surface area (Å²) in [6.07, 6.45) is 0. The molecule has 2 nitrogen and oxygen atoms in total. The maximum absolute atomic E-state index is 4.77. The van der Waals surface area contributed by atoms with Gasteiger partial charge in [0.1, 0.15) is 0 Å². The lowest BCUT2D eigenvalue weighted by molar-refractivity contribution is 1.23. The van der Waals surface area contributed by atoms with Crippen LogP contribution in [0, 0.1) is 20.8 Å². The van der Waals surface area contributed by atoms with Crippen molar-refractivity contribution in [3.63, 3.8) is 0 Å². The summed E-state index contributed by atoms with van der Waals surface area (Å²) in [5, 5.41) is 12.5. The summed E-state index contributed by atoms with van der Waals surface area (Å²) < 4.78 is 0. The highest BCUT2D eigenvalue weighted by Crippen LogP contribution is 2.44. The second kappa shape index (κ2) is 17.2. The SMILES string of the molecule is Cc1ccc2ccc3c(-c4ccccc4)cc(C)nc3c2n1.Cc1ccccc1.c1ccc2cc(-c3c4ccccc4c(-c4ccc5ccccc5c4)c4ccccc34)ccc2c1. The van der Waals surface area contributed by atoms with Crippen LogP contribution in [0.1, 0.15) is 17.0 Å². The van der Waals surface area contributed by atoms with Gasteiger partial charge in [-0.1, -0.05) is 206 Å². The van der Waals surface area contributed by atoms with Gasteiger partial charge < -0.3 is 0 Å². The Hall–Kier alpha value is -7.94. The number of aromatic nitrogens is 2. The zero-order valence-corrected chi connectivity index (χ0v) is 35.8. The van der Waals surface area contributed by atoms with E-state index >= 15 is 0 Å². The van der Waals surface area contributed by atoms with Crippen molar-refractivity contribution in [2.75, 3.05) is 0 Å². The highest BCUT2D eigenvalue weighted by Gasteiger charge is 2.17. The van der Waals surface area contributed by atoms with Crippen LogP contribution in [0.4, 0.5) is 0 Å².